The third kappa shape index (κ3) is 6.46. The minimum Gasteiger partial charge on any atom is -0.324 e. The van der Waals surface area contributed by atoms with Gasteiger partial charge in [0.05, 0.1) is 0 Å². The van der Waals surface area contributed by atoms with Gasteiger partial charge in [-0.3, -0.25) is 4.90 Å². The topological polar surface area (TPSA) is 30.0 Å². The molecule has 176 valence electrons. The van der Waals surface area contributed by atoms with E-state index in [1.807, 2.05) is 30.2 Å². The van der Waals surface area contributed by atoms with Crippen molar-refractivity contribution in [1.29, 1.82) is 0 Å². The molecule has 0 atom stereocenters. The van der Waals surface area contributed by atoms with Crippen molar-refractivity contribution in [2.75, 3.05) is 52.9 Å². The lowest BCUT2D eigenvalue weighted by molar-refractivity contribution is 0.0634. The standard InChI is InChI=1S/C27H42N4O/c1-5-11-24(23(3)6-2)22-29-18-12-25(13-19-29)30-20-14-26(15-21-30)31-17-10-8-7-9-16-28(4)27(31)32/h5,7-11,25-26H,1,3,6,12-22H2,2,4H3/b9-7-,10-8-,24-11-. The number of likely N-dealkylation sites (tertiary alicyclic amines) is 2. The Kier molecular flexibility index (Phi) is 9.36. The van der Waals surface area contributed by atoms with Crippen LogP contribution in [0, 0.1) is 0 Å². The van der Waals surface area contributed by atoms with Gasteiger partial charge in [0.1, 0.15) is 0 Å². The van der Waals surface area contributed by atoms with Crippen LogP contribution in [0.3, 0.4) is 0 Å². The van der Waals surface area contributed by atoms with E-state index in [4.69, 9.17) is 0 Å². The second-order valence-corrected chi connectivity index (χ2v) is 9.33. The van der Waals surface area contributed by atoms with Crippen LogP contribution in [0.2, 0.25) is 0 Å². The molecule has 3 aliphatic heterocycles. The van der Waals surface area contributed by atoms with Gasteiger partial charge in [-0.25, -0.2) is 4.79 Å². The minimum atomic E-state index is 0.157. The molecule has 0 radical (unpaired) electrons. The SMILES string of the molecule is C=C/C=C(/CN1CCC(N2CCC(N3C/C=C\C=C/CN(C)C3=O)CC2)CC1)C(=C)CC. The highest BCUT2D eigenvalue weighted by Crippen LogP contribution is 2.25. The lowest BCUT2D eigenvalue weighted by atomic mass is 9.96. The number of carbonyl (C=O) groups excluding carboxylic acids is 1. The highest BCUT2D eigenvalue weighted by Gasteiger charge is 2.32. The molecule has 5 nitrogen and oxygen atoms in total. The van der Waals surface area contributed by atoms with E-state index in [2.05, 4.69) is 53.0 Å². The fourth-order valence-corrected chi connectivity index (χ4v) is 5.13. The summed E-state index contributed by atoms with van der Waals surface area (Å²) < 4.78 is 0. The normalized spacial score (nSPS) is 25.2. The molecule has 5 heteroatoms. The number of rotatable bonds is 7. The number of hydrogen-bond donors (Lipinski definition) is 0. The molecule has 0 spiro atoms. The van der Waals surface area contributed by atoms with Crippen molar-refractivity contribution < 1.29 is 4.79 Å². The van der Waals surface area contributed by atoms with Crippen molar-refractivity contribution in [1.82, 2.24) is 19.6 Å². The lowest BCUT2D eigenvalue weighted by Gasteiger charge is -2.44. The summed E-state index contributed by atoms with van der Waals surface area (Å²) >= 11 is 0. The molecule has 2 saturated heterocycles. The first kappa shape index (κ1) is 24.5. The van der Waals surface area contributed by atoms with Gasteiger partial charge in [0, 0.05) is 51.9 Å². The Morgan fingerprint density at radius 2 is 1.66 bits per heavy atom. The van der Waals surface area contributed by atoms with Crippen molar-refractivity contribution in [3.8, 4) is 0 Å². The van der Waals surface area contributed by atoms with Crippen molar-refractivity contribution in [3.05, 3.63) is 60.8 Å². The van der Waals surface area contributed by atoms with Gasteiger partial charge in [0.15, 0.2) is 0 Å². The highest BCUT2D eigenvalue weighted by atomic mass is 16.2. The van der Waals surface area contributed by atoms with E-state index in [9.17, 15) is 4.79 Å². The van der Waals surface area contributed by atoms with E-state index in [0.29, 0.717) is 25.2 Å². The molecule has 32 heavy (non-hydrogen) atoms. The zero-order valence-electron chi connectivity index (χ0n) is 20.2. The predicted octanol–water partition coefficient (Wildman–Crippen LogP) is 4.47. The Hall–Kier alpha value is -2.11. The van der Waals surface area contributed by atoms with Gasteiger partial charge in [-0.1, -0.05) is 62.1 Å². The maximum atomic E-state index is 12.9. The molecule has 0 aliphatic carbocycles. The molecule has 3 heterocycles. The maximum Gasteiger partial charge on any atom is 0.320 e. The third-order valence-electron chi connectivity index (χ3n) is 7.24. The Morgan fingerprint density at radius 1 is 1.03 bits per heavy atom. The molecule has 0 unspecified atom stereocenters. The van der Waals surface area contributed by atoms with Crippen LogP contribution >= 0.6 is 0 Å². The second kappa shape index (κ2) is 12.2. The first-order chi connectivity index (χ1) is 15.5. The average Bonchev–Trinajstić information content (AvgIpc) is 2.90. The molecule has 0 aromatic rings. The number of allylic oxidation sites excluding steroid dienone is 4. The summed E-state index contributed by atoms with van der Waals surface area (Å²) in [6.45, 7) is 17.1. The number of nitrogens with zero attached hydrogens (tertiary/aromatic N) is 4. The first-order valence-corrected chi connectivity index (χ1v) is 12.3. The van der Waals surface area contributed by atoms with Crippen LogP contribution in [0.4, 0.5) is 4.79 Å². The Morgan fingerprint density at radius 3 is 2.28 bits per heavy atom. The van der Waals surface area contributed by atoms with Gasteiger partial charge in [0.2, 0.25) is 0 Å². The zero-order valence-corrected chi connectivity index (χ0v) is 20.2. The number of amides is 2. The quantitative estimate of drug-likeness (QED) is 0.549. The Labute approximate surface area is 195 Å². The van der Waals surface area contributed by atoms with Crippen LogP contribution in [-0.4, -0.2) is 90.6 Å². The van der Waals surface area contributed by atoms with E-state index in [-0.39, 0.29) is 6.03 Å². The largest absolute Gasteiger partial charge is 0.324 e. The Balaban J connectivity index is 1.48. The Bertz CT molecular complexity index is 737. The second-order valence-electron chi connectivity index (χ2n) is 9.33. The van der Waals surface area contributed by atoms with Gasteiger partial charge in [-0.2, -0.15) is 0 Å². The van der Waals surface area contributed by atoms with Crippen molar-refractivity contribution >= 4 is 6.03 Å². The van der Waals surface area contributed by atoms with Gasteiger partial charge in [-0.05, 0) is 50.8 Å². The summed E-state index contributed by atoms with van der Waals surface area (Å²) in [6.07, 6.45) is 17.9. The van der Waals surface area contributed by atoms with E-state index in [0.717, 1.165) is 52.0 Å². The van der Waals surface area contributed by atoms with Crippen molar-refractivity contribution in [2.24, 2.45) is 0 Å². The van der Waals surface area contributed by atoms with Crippen LogP contribution in [0.25, 0.3) is 0 Å². The van der Waals surface area contributed by atoms with Crippen LogP contribution in [0.5, 0.6) is 0 Å². The number of likely N-dealkylation sites (N-methyl/N-ethyl adjacent to an activating group) is 1. The van der Waals surface area contributed by atoms with E-state index in [1.54, 1.807) is 0 Å². The summed E-state index contributed by atoms with van der Waals surface area (Å²) in [5.41, 5.74) is 2.55. The van der Waals surface area contributed by atoms with Gasteiger partial charge in [-0.15, -0.1) is 0 Å². The van der Waals surface area contributed by atoms with Crippen molar-refractivity contribution in [2.45, 2.75) is 51.1 Å². The number of urea groups is 1. The maximum absolute atomic E-state index is 12.9. The monoisotopic (exact) mass is 438 g/mol. The molecule has 3 rings (SSSR count). The first-order valence-electron chi connectivity index (χ1n) is 12.3. The summed E-state index contributed by atoms with van der Waals surface area (Å²) in [7, 11) is 1.90. The summed E-state index contributed by atoms with van der Waals surface area (Å²) in [6, 6.07) is 1.17. The molecule has 2 fully saturated rings. The summed E-state index contributed by atoms with van der Waals surface area (Å²) in [5.74, 6) is 0. The van der Waals surface area contributed by atoms with Crippen LogP contribution in [0.15, 0.2) is 60.8 Å². The third-order valence-corrected chi connectivity index (χ3v) is 7.24. The van der Waals surface area contributed by atoms with E-state index < -0.39 is 0 Å². The molecule has 0 N–H and O–H groups in total. The van der Waals surface area contributed by atoms with E-state index >= 15 is 0 Å². The molecule has 2 amide bonds. The predicted molar refractivity (Wildman–Crippen MR) is 135 cm³/mol. The van der Waals surface area contributed by atoms with Gasteiger partial charge < -0.3 is 14.7 Å². The molecular formula is C27H42N4O. The average molecular weight is 439 g/mol. The number of piperidine rings is 2. The van der Waals surface area contributed by atoms with Crippen LogP contribution in [-0.2, 0) is 0 Å². The van der Waals surface area contributed by atoms with Gasteiger partial charge in [0.25, 0.3) is 0 Å². The van der Waals surface area contributed by atoms with E-state index in [1.165, 1.54) is 24.0 Å². The highest BCUT2D eigenvalue weighted by molar-refractivity contribution is 5.75. The summed E-state index contributed by atoms with van der Waals surface area (Å²) in [4.78, 5) is 22.1. The van der Waals surface area contributed by atoms with Crippen LogP contribution in [0.1, 0.15) is 39.0 Å². The van der Waals surface area contributed by atoms with Crippen LogP contribution < -0.4 is 0 Å². The van der Waals surface area contributed by atoms with Gasteiger partial charge >= 0.3 is 6.03 Å². The number of hydrogen-bond acceptors (Lipinski definition) is 3. The molecule has 0 bridgehead atoms. The lowest BCUT2D eigenvalue weighted by Crippen LogP contribution is -2.54. The molecule has 0 aromatic carbocycles. The molecule has 0 aromatic heterocycles. The fourth-order valence-electron chi connectivity index (χ4n) is 5.13. The molecular weight excluding hydrogens is 396 g/mol. The zero-order chi connectivity index (χ0) is 22.9. The smallest absolute Gasteiger partial charge is 0.320 e. The minimum absolute atomic E-state index is 0.157. The number of carbonyl (C=O) groups is 1. The molecule has 0 saturated carbocycles. The van der Waals surface area contributed by atoms with Crippen molar-refractivity contribution in [3.63, 3.8) is 0 Å². The fraction of sp³-hybridized carbons (Fsp3) is 0.593. The molecule has 3 aliphatic rings. The summed E-state index contributed by atoms with van der Waals surface area (Å²) in [5, 5.41) is 0.